The van der Waals surface area contributed by atoms with Gasteiger partial charge in [-0.1, -0.05) is 18.2 Å². The molecule has 1 saturated heterocycles. The van der Waals surface area contributed by atoms with E-state index in [9.17, 15) is 0 Å². The van der Waals surface area contributed by atoms with Crippen LogP contribution in [0, 0.1) is 5.41 Å². The zero-order valence-electron chi connectivity index (χ0n) is 10.6. The molecule has 1 aromatic rings. The van der Waals surface area contributed by atoms with Crippen LogP contribution in [0.4, 0.5) is 5.69 Å². The topological polar surface area (TPSA) is 27.1 Å². The van der Waals surface area contributed by atoms with E-state index >= 15 is 0 Å². The van der Waals surface area contributed by atoms with Gasteiger partial charge in [-0.05, 0) is 19.1 Å². The summed E-state index contributed by atoms with van der Waals surface area (Å²) in [7, 11) is 0. The fourth-order valence-electron chi connectivity index (χ4n) is 2.46. The highest BCUT2D eigenvalue weighted by Gasteiger charge is 2.42. The number of alkyl halides is 1. The van der Waals surface area contributed by atoms with Gasteiger partial charge in [-0.25, -0.2) is 5.41 Å². The molecule has 1 unspecified atom stereocenters. The number of benzene rings is 1. The predicted molar refractivity (Wildman–Crippen MR) is 80.0 cm³/mol. The lowest BCUT2D eigenvalue weighted by molar-refractivity contribution is -0.830. The molecule has 1 fully saturated rings. The third kappa shape index (κ3) is 2.63. The lowest BCUT2D eigenvalue weighted by atomic mass is 10.3. The van der Waals surface area contributed by atoms with E-state index in [1.807, 2.05) is 18.2 Å². The SMILES string of the molecule is CC[N+]1(CCCl)CCN(c2ccccc2)C1=N.Cl. The highest BCUT2D eigenvalue weighted by molar-refractivity contribution is 6.18. The van der Waals surface area contributed by atoms with Crippen molar-refractivity contribution in [1.29, 1.82) is 5.41 Å². The smallest absolute Gasteiger partial charge is 0.275 e. The second-order valence-electron chi connectivity index (χ2n) is 4.41. The molecule has 0 aliphatic carbocycles. The Kier molecular flexibility index (Phi) is 5.45. The minimum atomic E-state index is 0. The van der Waals surface area contributed by atoms with E-state index in [4.69, 9.17) is 17.0 Å². The Morgan fingerprint density at radius 1 is 1.33 bits per heavy atom. The molecule has 1 atom stereocenters. The standard InChI is InChI=1S/C13H19ClN3.ClH/c1-2-17(10-8-14)11-9-16(13(17)15)12-6-4-3-5-7-12;/h3-7,15H,2,8-11H2,1H3;1H/q+1;. The van der Waals surface area contributed by atoms with E-state index in [0.29, 0.717) is 16.3 Å². The van der Waals surface area contributed by atoms with Crippen LogP contribution < -0.4 is 4.90 Å². The van der Waals surface area contributed by atoms with Gasteiger partial charge < -0.3 is 0 Å². The van der Waals surface area contributed by atoms with E-state index in [0.717, 1.165) is 31.9 Å². The van der Waals surface area contributed by atoms with E-state index in [2.05, 4.69) is 24.0 Å². The first-order valence-electron chi connectivity index (χ1n) is 6.07. The molecule has 1 heterocycles. The Hall–Kier alpha value is -0.770. The van der Waals surface area contributed by atoms with Crippen molar-refractivity contribution in [3.05, 3.63) is 30.3 Å². The van der Waals surface area contributed by atoms with Gasteiger partial charge in [0.1, 0.15) is 6.54 Å². The van der Waals surface area contributed by atoms with Gasteiger partial charge in [-0.15, -0.1) is 24.0 Å². The second-order valence-corrected chi connectivity index (χ2v) is 4.79. The molecule has 5 heteroatoms. The van der Waals surface area contributed by atoms with Crippen LogP contribution in [-0.2, 0) is 0 Å². The van der Waals surface area contributed by atoms with E-state index in [-0.39, 0.29) is 12.4 Å². The summed E-state index contributed by atoms with van der Waals surface area (Å²) in [6, 6.07) is 10.2. The number of guanidine groups is 1. The Labute approximate surface area is 120 Å². The zero-order valence-corrected chi connectivity index (χ0v) is 12.2. The number of nitrogens with one attached hydrogen (secondary N) is 1. The summed E-state index contributed by atoms with van der Waals surface area (Å²) in [5, 5.41) is 8.39. The van der Waals surface area contributed by atoms with Crippen molar-refractivity contribution in [2.45, 2.75) is 6.92 Å². The minimum Gasteiger partial charge on any atom is -0.275 e. The van der Waals surface area contributed by atoms with E-state index in [1.54, 1.807) is 0 Å². The highest BCUT2D eigenvalue weighted by atomic mass is 35.5. The maximum Gasteiger partial charge on any atom is 0.302 e. The third-order valence-electron chi connectivity index (χ3n) is 3.64. The van der Waals surface area contributed by atoms with Gasteiger partial charge >= 0.3 is 5.96 Å². The highest BCUT2D eigenvalue weighted by Crippen LogP contribution is 2.24. The molecule has 0 spiro atoms. The maximum atomic E-state index is 8.39. The van der Waals surface area contributed by atoms with Crippen LogP contribution in [0.3, 0.4) is 0 Å². The molecule has 0 bridgehead atoms. The first-order valence-corrected chi connectivity index (χ1v) is 6.61. The molecule has 3 nitrogen and oxygen atoms in total. The summed E-state index contributed by atoms with van der Waals surface area (Å²) in [6.45, 7) is 5.81. The Morgan fingerprint density at radius 3 is 2.56 bits per heavy atom. The van der Waals surface area contributed by atoms with Crippen molar-refractivity contribution in [3.8, 4) is 0 Å². The molecule has 100 valence electrons. The summed E-state index contributed by atoms with van der Waals surface area (Å²) in [5.74, 6) is 1.29. The summed E-state index contributed by atoms with van der Waals surface area (Å²) in [4.78, 5) is 2.09. The lowest BCUT2D eigenvalue weighted by Gasteiger charge is -2.31. The fourth-order valence-corrected chi connectivity index (χ4v) is 2.79. The molecular formula is C13H20Cl2N3+. The number of hydrogen-bond donors (Lipinski definition) is 1. The molecule has 1 N–H and O–H groups in total. The average Bonchev–Trinajstić information content (AvgIpc) is 2.69. The summed E-state index contributed by atoms with van der Waals surface area (Å²) >= 11 is 5.88. The second kappa shape index (κ2) is 6.41. The third-order valence-corrected chi connectivity index (χ3v) is 3.81. The van der Waals surface area contributed by atoms with E-state index in [1.165, 1.54) is 0 Å². The van der Waals surface area contributed by atoms with Crippen LogP contribution in [0.15, 0.2) is 30.3 Å². The quantitative estimate of drug-likeness (QED) is 0.669. The van der Waals surface area contributed by atoms with Crippen molar-refractivity contribution in [1.82, 2.24) is 0 Å². The van der Waals surface area contributed by atoms with Crippen molar-refractivity contribution in [2.75, 3.05) is 37.0 Å². The van der Waals surface area contributed by atoms with Crippen LogP contribution >= 0.6 is 24.0 Å². The fraction of sp³-hybridized carbons (Fsp3) is 0.462. The van der Waals surface area contributed by atoms with Gasteiger partial charge in [-0.2, -0.15) is 0 Å². The first-order chi connectivity index (χ1) is 8.23. The summed E-state index contributed by atoms with van der Waals surface area (Å²) < 4.78 is 0.707. The summed E-state index contributed by atoms with van der Waals surface area (Å²) in [6.07, 6.45) is 0. The average molecular weight is 289 g/mol. The summed E-state index contributed by atoms with van der Waals surface area (Å²) in [5.41, 5.74) is 1.11. The molecular weight excluding hydrogens is 269 g/mol. The first kappa shape index (κ1) is 15.3. The molecule has 1 aliphatic rings. The monoisotopic (exact) mass is 288 g/mol. The van der Waals surface area contributed by atoms with Crippen LogP contribution in [0.2, 0.25) is 0 Å². The lowest BCUT2D eigenvalue weighted by Crippen LogP contribution is -2.52. The minimum absolute atomic E-state index is 0. The normalized spacial score (nSPS) is 23.0. The number of quaternary nitrogens is 1. The van der Waals surface area contributed by atoms with Crippen LogP contribution in [-0.4, -0.2) is 42.5 Å². The number of likely N-dealkylation sites (N-methyl/N-ethyl adjacent to an activating group) is 1. The number of hydrogen-bond acceptors (Lipinski definition) is 1. The Bertz CT molecular complexity index is 396. The van der Waals surface area contributed by atoms with Crippen LogP contribution in [0.25, 0.3) is 0 Å². The molecule has 1 aromatic carbocycles. The molecule has 0 radical (unpaired) electrons. The molecule has 1 aliphatic heterocycles. The Morgan fingerprint density at radius 2 is 2.00 bits per heavy atom. The van der Waals surface area contributed by atoms with Crippen molar-refractivity contribution < 1.29 is 4.48 Å². The van der Waals surface area contributed by atoms with Crippen molar-refractivity contribution in [3.63, 3.8) is 0 Å². The molecule has 0 aromatic heterocycles. The van der Waals surface area contributed by atoms with Gasteiger partial charge in [0.05, 0.1) is 25.5 Å². The molecule has 0 saturated carbocycles. The van der Waals surface area contributed by atoms with E-state index < -0.39 is 0 Å². The van der Waals surface area contributed by atoms with Gasteiger partial charge in [-0.3, -0.25) is 9.38 Å². The van der Waals surface area contributed by atoms with Gasteiger partial charge in [0.2, 0.25) is 0 Å². The molecule has 2 rings (SSSR count). The zero-order chi connectivity index (χ0) is 12.3. The maximum absolute atomic E-state index is 8.39. The predicted octanol–water partition coefficient (Wildman–Crippen LogP) is 2.94. The Balaban J connectivity index is 0.00000162. The number of rotatable bonds is 4. The van der Waals surface area contributed by atoms with Gasteiger partial charge in [0.15, 0.2) is 0 Å². The van der Waals surface area contributed by atoms with Crippen molar-refractivity contribution >= 4 is 35.7 Å². The number of para-hydroxylation sites is 1. The number of halogens is 2. The van der Waals surface area contributed by atoms with Crippen LogP contribution in [0.5, 0.6) is 0 Å². The molecule has 0 amide bonds. The molecule has 18 heavy (non-hydrogen) atoms. The number of nitrogens with zero attached hydrogens (tertiary/aromatic N) is 2. The van der Waals surface area contributed by atoms with Crippen molar-refractivity contribution in [2.24, 2.45) is 0 Å². The van der Waals surface area contributed by atoms with Crippen LogP contribution in [0.1, 0.15) is 6.92 Å². The van der Waals surface area contributed by atoms with Gasteiger partial charge in [0.25, 0.3) is 0 Å². The largest absolute Gasteiger partial charge is 0.302 e. The van der Waals surface area contributed by atoms with Gasteiger partial charge in [0, 0.05) is 5.69 Å². The number of anilines is 1.